The summed E-state index contributed by atoms with van der Waals surface area (Å²) in [5.41, 5.74) is 2.22. The topological polar surface area (TPSA) is 98.4 Å². The first-order chi connectivity index (χ1) is 19.1. The van der Waals surface area contributed by atoms with Crippen molar-refractivity contribution in [3.63, 3.8) is 0 Å². The molecule has 4 rings (SSSR count). The van der Waals surface area contributed by atoms with Crippen molar-refractivity contribution in [3.8, 4) is 17.2 Å². The molecule has 1 saturated heterocycles. The molecular formula is C30H35N3O6. The lowest BCUT2D eigenvalue weighted by Crippen LogP contribution is -2.58. The van der Waals surface area contributed by atoms with E-state index in [2.05, 4.69) is 10.6 Å². The predicted molar refractivity (Wildman–Crippen MR) is 149 cm³/mol. The Morgan fingerprint density at radius 1 is 0.949 bits per heavy atom. The second-order valence-corrected chi connectivity index (χ2v) is 9.02. The third kappa shape index (κ3) is 7.49. The van der Waals surface area contributed by atoms with Crippen molar-refractivity contribution in [3.05, 3.63) is 83.9 Å². The first-order valence-corrected chi connectivity index (χ1v) is 13.0. The molecule has 2 N–H and O–H groups in total. The average Bonchev–Trinajstić information content (AvgIpc) is 2.98. The van der Waals surface area contributed by atoms with Gasteiger partial charge in [0, 0.05) is 30.8 Å². The SMILES string of the molecule is COc1ccccc1COCCCOc1ccc(N2C(=O)CNCC2CNC(=O)c2ccccc2OC)cc1. The van der Waals surface area contributed by atoms with Crippen LogP contribution in [0.4, 0.5) is 5.69 Å². The summed E-state index contributed by atoms with van der Waals surface area (Å²) in [6.07, 6.45) is 0.737. The lowest BCUT2D eigenvalue weighted by Gasteiger charge is -2.36. The first kappa shape index (κ1) is 27.9. The van der Waals surface area contributed by atoms with Crippen LogP contribution in [0.2, 0.25) is 0 Å². The van der Waals surface area contributed by atoms with E-state index in [4.69, 9.17) is 18.9 Å². The van der Waals surface area contributed by atoms with Crippen molar-refractivity contribution < 1.29 is 28.5 Å². The highest BCUT2D eigenvalue weighted by molar-refractivity contribution is 5.98. The number of amides is 2. The van der Waals surface area contributed by atoms with Gasteiger partial charge in [-0.25, -0.2) is 0 Å². The number of hydrogen-bond donors (Lipinski definition) is 2. The molecule has 1 atom stereocenters. The maximum absolute atomic E-state index is 12.8. The minimum absolute atomic E-state index is 0.0568. The number of piperazine rings is 1. The van der Waals surface area contributed by atoms with Gasteiger partial charge in [0.05, 0.1) is 52.2 Å². The molecule has 0 bridgehead atoms. The minimum Gasteiger partial charge on any atom is -0.496 e. The van der Waals surface area contributed by atoms with Crippen LogP contribution in [0.25, 0.3) is 0 Å². The monoisotopic (exact) mass is 533 g/mol. The number of carbonyl (C=O) groups excluding carboxylic acids is 2. The molecule has 0 aliphatic carbocycles. The molecule has 0 spiro atoms. The normalized spacial score (nSPS) is 15.1. The summed E-state index contributed by atoms with van der Waals surface area (Å²) in [6, 6.07) is 22.0. The van der Waals surface area contributed by atoms with E-state index in [-0.39, 0.29) is 24.4 Å². The highest BCUT2D eigenvalue weighted by atomic mass is 16.5. The number of hydrogen-bond acceptors (Lipinski definition) is 7. The Morgan fingerprint density at radius 2 is 1.67 bits per heavy atom. The molecule has 206 valence electrons. The summed E-state index contributed by atoms with van der Waals surface area (Å²) in [4.78, 5) is 27.3. The Morgan fingerprint density at radius 3 is 2.44 bits per heavy atom. The van der Waals surface area contributed by atoms with Gasteiger partial charge < -0.3 is 34.5 Å². The van der Waals surface area contributed by atoms with Crippen molar-refractivity contribution in [2.75, 3.05) is 52.0 Å². The Balaban J connectivity index is 1.26. The third-order valence-electron chi connectivity index (χ3n) is 6.41. The molecule has 0 radical (unpaired) electrons. The van der Waals surface area contributed by atoms with Gasteiger partial charge >= 0.3 is 0 Å². The van der Waals surface area contributed by atoms with E-state index >= 15 is 0 Å². The van der Waals surface area contributed by atoms with E-state index in [1.165, 1.54) is 7.11 Å². The zero-order valence-corrected chi connectivity index (χ0v) is 22.4. The van der Waals surface area contributed by atoms with Gasteiger partial charge in [-0.1, -0.05) is 30.3 Å². The molecule has 3 aromatic rings. The van der Waals surface area contributed by atoms with Gasteiger partial charge in [-0.2, -0.15) is 0 Å². The fourth-order valence-corrected chi connectivity index (χ4v) is 4.44. The van der Waals surface area contributed by atoms with Crippen LogP contribution in [0.5, 0.6) is 17.2 Å². The van der Waals surface area contributed by atoms with Crippen molar-refractivity contribution in [1.82, 2.24) is 10.6 Å². The number of nitrogens with one attached hydrogen (secondary N) is 2. The zero-order chi connectivity index (χ0) is 27.5. The maximum Gasteiger partial charge on any atom is 0.255 e. The van der Waals surface area contributed by atoms with E-state index in [1.54, 1.807) is 30.2 Å². The fourth-order valence-electron chi connectivity index (χ4n) is 4.44. The molecule has 1 aliphatic rings. The number of rotatable bonds is 13. The summed E-state index contributed by atoms with van der Waals surface area (Å²) in [6.45, 7) is 2.65. The van der Waals surface area contributed by atoms with E-state index in [9.17, 15) is 9.59 Å². The number of methoxy groups -OCH3 is 2. The molecule has 39 heavy (non-hydrogen) atoms. The molecule has 0 aromatic heterocycles. The second-order valence-electron chi connectivity index (χ2n) is 9.02. The minimum atomic E-state index is -0.249. The van der Waals surface area contributed by atoms with Crippen LogP contribution in [0.1, 0.15) is 22.3 Å². The molecule has 2 amide bonds. The molecule has 9 nitrogen and oxygen atoms in total. The van der Waals surface area contributed by atoms with Crippen LogP contribution in [0.3, 0.4) is 0 Å². The lowest BCUT2D eigenvalue weighted by atomic mass is 10.1. The first-order valence-electron chi connectivity index (χ1n) is 13.0. The van der Waals surface area contributed by atoms with Crippen LogP contribution in [-0.2, 0) is 16.1 Å². The molecule has 3 aromatic carbocycles. The van der Waals surface area contributed by atoms with Gasteiger partial charge in [0.2, 0.25) is 5.91 Å². The Labute approximate surface area is 229 Å². The van der Waals surface area contributed by atoms with Crippen LogP contribution in [0.15, 0.2) is 72.8 Å². The van der Waals surface area contributed by atoms with Crippen molar-refractivity contribution in [2.24, 2.45) is 0 Å². The number of benzene rings is 3. The Kier molecular flexibility index (Phi) is 10.2. The van der Waals surface area contributed by atoms with Gasteiger partial charge in [0.25, 0.3) is 5.91 Å². The molecule has 9 heteroatoms. The average molecular weight is 534 g/mol. The van der Waals surface area contributed by atoms with E-state index in [0.717, 1.165) is 23.4 Å². The molecule has 0 saturated carbocycles. The molecule has 1 aliphatic heterocycles. The Hall–Kier alpha value is -4.08. The highest BCUT2D eigenvalue weighted by Gasteiger charge is 2.29. The number of ether oxygens (including phenoxy) is 4. The standard InChI is InChI=1S/C30H35N3O6/c1-36-27-10-5-3-8-22(27)21-38-16-7-17-39-25-14-12-23(13-15-25)33-24(18-31-20-29(33)34)19-32-30(35)26-9-4-6-11-28(26)37-2/h3-6,8-15,24,31H,7,16-21H2,1-2H3,(H,32,35). The summed E-state index contributed by atoms with van der Waals surface area (Å²) in [5, 5.41) is 6.07. The second kappa shape index (κ2) is 14.2. The number of anilines is 1. The summed E-state index contributed by atoms with van der Waals surface area (Å²) >= 11 is 0. The Bertz CT molecular complexity index is 1230. The molecule has 1 fully saturated rings. The smallest absolute Gasteiger partial charge is 0.255 e. The van der Waals surface area contributed by atoms with Gasteiger partial charge in [0.1, 0.15) is 17.2 Å². The molecule has 1 heterocycles. The van der Waals surface area contributed by atoms with Gasteiger partial charge in [0.15, 0.2) is 0 Å². The van der Waals surface area contributed by atoms with E-state index in [0.29, 0.717) is 50.0 Å². The summed E-state index contributed by atoms with van der Waals surface area (Å²) in [5.74, 6) is 1.73. The van der Waals surface area contributed by atoms with Crippen LogP contribution >= 0.6 is 0 Å². The molecule has 1 unspecified atom stereocenters. The largest absolute Gasteiger partial charge is 0.496 e. The van der Waals surface area contributed by atoms with E-state index < -0.39 is 0 Å². The van der Waals surface area contributed by atoms with Crippen LogP contribution in [-0.4, -0.2) is 64.9 Å². The third-order valence-corrected chi connectivity index (χ3v) is 6.41. The lowest BCUT2D eigenvalue weighted by molar-refractivity contribution is -0.119. The fraction of sp³-hybridized carbons (Fsp3) is 0.333. The van der Waals surface area contributed by atoms with Gasteiger partial charge in [-0.05, 0) is 42.5 Å². The summed E-state index contributed by atoms with van der Waals surface area (Å²) < 4.78 is 22.2. The zero-order valence-electron chi connectivity index (χ0n) is 22.4. The van der Waals surface area contributed by atoms with Crippen LogP contribution in [0, 0.1) is 0 Å². The quantitative estimate of drug-likeness (QED) is 0.325. The number of nitrogens with zero attached hydrogens (tertiary/aromatic N) is 1. The van der Waals surface area contributed by atoms with Crippen molar-refractivity contribution in [2.45, 2.75) is 19.1 Å². The van der Waals surface area contributed by atoms with Crippen molar-refractivity contribution >= 4 is 17.5 Å². The van der Waals surface area contributed by atoms with Crippen molar-refractivity contribution in [1.29, 1.82) is 0 Å². The maximum atomic E-state index is 12.8. The molecular weight excluding hydrogens is 498 g/mol. The van der Waals surface area contributed by atoms with Gasteiger partial charge in [-0.3, -0.25) is 9.59 Å². The highest BCUT2D eigenvalue weighted by Crippen LogP contribution is 2.24. The number of carbonyl (C=O) groups is 2. The predicted octanol–water partition coefficient (Wildman–Crippen LogP) is 3.42. The summed E-state index contributed by atoms with van der Waals surface area (Å²) in [7, 11) is 3.18. The van der Waals surface area contributed by atoms with E-state index in [1.807, 2.05) is 54.6 Å². The van der Waals surface area contributed by atoms with Gasteiger partial charge in [-0.15, -0.1) is 0 Å². The van der Waals surface area contributed by atoms with Crippen LogP contribution < -0.4 is 29.7 Å². The number of para-hydroxylation sites is 2.